The molecule has 0 aromatic rings. The normalized spacial score (nSPS) is 13.6. The van der Waals surface area contributed by atoms with Crippen molar-refractivity contribution in [2.75, 3.05) is 47.5 Å². The minimum Gasteiger partial charge on any atom is -0.462 e. The number of phosphoric acid groups is 1. The van der Waals surface area contributed by atoms with Gasteiger partial charge in [0.2, 0.25) is 0 Å². The maximum absolute atomic E-state index is 12.9. The highest BCUT2D eigenvalue weighted by Crippen LogP contribution is 2.43. The summed E-state index contributed by atoms with van der Waals surface area (Å²) in [6, 6.07) is 0. The standard InChI is InChI=1S/C82H148NO8P/c1-6-8-10-12-14-16-18-20-22-24-26-28-30-32-34-36-38-40-41-43-45-47-49-51-53-55-57-59-61-63-65-67-69-71-73-75-82(85)91-80(79-90-92(86,87)89-77-76-83(3,4)5)78-88-81(84)74-72-70-68-66-64-62-60-58-56-54-52-50-48-46-44-42-39-37-35-33-31-29-27-25-23-21-19-17-15-13-11-9-7-2/h8-11,14-17,20-23,26-29,80H,6-7,12-13,18-19,24-25,30-79H2,1-5H3/p+1/b10-8-,11-9-,16-14-,17-15-,22-20-,23-21-,28-26-,29-27-. The van der Waals surface area contributed by atoms with Crippen molar-refractivity contribution in [3.8, 4) is 0 Å². The van der Waals surface area contributed by atoms with Crippen LogP contribution in [0.15, 0.2) is 97.2 Å². The topological polar surface area (TPSA) is 108 Å². The molecule has 0 aliphatic rings. The van der Waals surface area contributed by atoms with E-state index in [9.17, 15) is 19.0 Å². The molecule has 0 aromatic heterocycles. The van der Waals surface area contributed by atoms with E-state index in [4.69, 9.17) is 18.5 Å². The molecule has 0 saturated heterocycles. The number of quaternary nitrogens is 1. The molecule has 0 fully saturated rings. The minimum absolute atomic E-state index is 0.0321. The summed E-state index contributed by atoms with van der Waals surface area (Å²) in [5.74, 6) is -0.779. The second kappa shape index (κ2) is 72.2. The van der Waals surface area contributed by atoms with Crippen LogP contribution in [0.4, 0.5) is 0 Å². The number of likely N-dealkylation sites (N-methyl/N-ethyl adjacent to an activating group) is 1. The first-order chi connectivity index (χ1) is 45.0. The van der Waals surface area contributed by atoms with Gasteiger partial charge in [0.15, 0.2) is 6.10 Å². The van der Waals surface area contributed by atoms with E-state index < -0.39 is 26.5 Å². The highest BCUT2D eigenvalue weighted by atomic mass is 31.2. The SMILES string of the molecule is CC/C=C\C/C=C\C/C=C\C/C=C\CCCCCCCCCCCCCCCCCCCCCCCCC(=O)OC(COC(=O)CCCCCCCCCCCCCCCCCCCCCC/C=C\C/C=C\C/C=C\C/C=C\CC)COP(=O)(O)OCC[N+](C)(C)C. The molecule has 1 N–H and O–H groups in total. The number of carbonyl (C=O) groups is 2. The molecule has 0 amide bonds. The molecule has 0 aromatic carbocycles. The molecule has 0 heterocycles. The third-order valence-electron chi connectivity index (χ3n) is 17.1. The van der Waals surface area contributed by atoms with Crippen LogP contribution in [-0.4, -0.2) is 74.9 Å². The van der Waals surface area contributed by atoms with Gasteiger partial charge in [0.25, 0.3) is 0 Å². The van der Waals surface area contributed by atoms with Crippen LogP contribution in [-0.2, 0) is 32.7 Å². The summed E-state index contributed by atoms with van der Waals surface area (Å²) in [7, 11) is 1.49. The smallest absolute Gasteiger partial charge is 0.462 e. The van der Waals surface area contributed by atoms with Crippen LogP contribution in [0.5, 0.6) is 0 Å². The monoisotopic (exact) mass is 1310 g/mol. The van der Waals surface area contributed by atoms with Crippen molar-refractivity contribution in [1.29, 1.82) is 0 Å². The minimum atomic E-state index is -4.40. The van der Waals surface area contributed by atoms with Crippen LogP contribution >= 0.6 is 7.82 Å². The Kier molecular flexibility index (Phi) is 69.8. The fourth-order valence-corrected chi connectivity index (χ4v) is 12.0. The first kappa shape index (κ1) is 88.9. The van der Waals surface area contributed by atoms with Crippen molar-refractivity contribution >= 4 is 19.8 Å². The Morgan fingerprint density at radius 2 is 0.587 bits per heavy atom. The molecule has 0 radical (unpaired) electrons. The predicted octanol–water partition coefficient (Wildman–Crippen LogP) is 25.8. The number of phosphoric ester groups is 1. The summed E-state index contributed by atoms with van der Waals surface area (Å²) in [4.78, 5) is 36.0. The Morgan fingerprint density at radius 1 is 0.337 bits per heavy atom. The molecule has 0 rings (SSSR count). The first-order valence-corrected chi connectivity index (χ1v) is 40.5. The number of carbonyl (C=O) groups excluding carboxylic acids is 2. The van der Waals surface area contributed by atoms with E-state index in [0.717, 1.165) is 83.5 Å². The first-order valence-electron chi connectivity index (χ1n) is 39.0. The molecule has 0 aliphatic heterocycles. The molecule has 0 saturated carbocycles. The fourth-order valence-electron chi connectivity index (χ4n) is 11.2. The summed E-state index contributed by atoms with van der Waals surface area (Å²) in [6.07, 6.45) is 101. The van der Waals surface area contributed by atoms with E-state index in [-0.39, 0.29) is 25.6 Å². The van der Waals surface area contributed by atoms with Crippen LogP contribution in [0.2, 0.25) is 0 Å². The quantitative estimate of drug-likeness (QED) is 0.0211. The zero-order valence-electron chi connectivity index (χ0n) is 61.0. The molecule has 10 heteroatoms. The van der Waals surface area contributed by atoms with Gasteiger partial charge in [-0.15, -0.1) is 0 Å². The summed E-state index contributed by atoms with van der Waals surface area (Å²) in [5.41, 5.74) is 0. The average molecular weight is 1310 g/mol. The van der Waals surface area contributed by atoms with E-state index in [0.29, 0.717) is 23.9 Å². The zero-order chi connectivity index (χ0) is 66.9. The van der Waals surface area contributed by atoms with E-state index in [2.05, 4.69) is 111 Å². The predicted molar refractivity (Wildman–Crippen MR) is 399 cm³/mol. The second-order valence-electron chi connectivity index (χ2n) is 27.3. The van der Waals surface area contributed by atoms with E-state index in [1.165, 1.54) is 244 Å². The van der Waals surface area contributed by atoms with E-state index >= 15 is 0 Å². The molecule has 92 heavy (non-hydrogen) atoms. The average Bonchev–Trinajstić information content (AvgIpc) is 2.14. The van der Waals surface area contributed by atoms with Gasteiger partial charge in [-0.05, 0) is 89.9 Å². The molecular weight excluding hydrogens is 1160 g/mol. The van der Waals surface area contributed by atoms with Crippen molar-refractivity contribution in [3.63, 3.8) is 0 Å². The van der Waals surface area contributed by atoms with Gasteiger partial charge in [-0.25, -0.2) is 4.57 Å². The van der Waals surface area contributed by atoms with Crippen LogP contribution < -0.4 is 0 Å². The van der Waals surface area contributed by atoms with Gasteiger partial charge in [-0.1, -0.05) is 355 Å². The molecule has 2 atom stereocenters. The molecule has 0 spiro atoms. The Hall–Kier alpha value is -3.07. The third kappa shape index (κ3) is 76.0. The Labute approximate surface area is 570 Å². The Bertz CT molecular complexity index is 1880. The van der Waals surface area contributed by atoms with Crippen molar-refractivity contribution in [2.45, 2.75) is 367 Å². The van der Waals surface area contributed by atoms with Crippen LogP contribution in [0.3, 0.4) is 0 Å². The van der Waals surface area contributed by atoms with Crippen LogP contribution in [0.25, 0.3) is 0 Å². The maximum atomic E-state index is 12.9. The van der Waals surface area contributed by atoms with E-state index in [1.54, 1.807) is 0 Å². The number of hydrogen-bond acceptors (Lipinski definition) is 7. The summed E-state index contributed by atoms with van der Waals surface area (Å²) in [6.45, 7) is 4.26. The number of hydrogen-bond donors (Lipinski definition) is 1. The molecular formula is C82H149NO8P+. The number of esters is 2. The molecule has 0 bridgehead atoms. The second-order valence-corrected chi connectivity index (χ2v) is 28.8. The Morgan fingerprint density at radius 3 is 0.870 bits per heavy atom. The summed E-state index contributed by atoms with van der Waals surface area (Å²) < 4.78 is 34.8. The van der Waals surface area contributed by atoms with Gasteiger partial charge < -0.3 is 18.9 Å². The van der Waals surface area contributed by atoms with E-state index in [1.807, 2.05) is 21.1 Å². The maximum Gasteiger partial charge on any atom is 0.472 e. The van der Waals surface area contributed by atoms with Crippen LogP contribution in [0.1, 0.15) is 361 Å². The van der Waals surface area contributed by atoms with Crippen molar-refractivity contribution in [1.82, 2.24) is 0 Å². The van der Waals surface area contributed by atoms with Gasteiger partial charge in [-0.2, -0.15) is 0 Å². The van der Waals surface area contributed by atoms with Crippen LogP contribution in [0, 0.1) is 0 Å². The van der Waals surface area contributed by atoms with Gasteiger partial charge in [-0.3, -0.25) is 18.6 Å². The lowest BCUT2D eigenvalue weighted by atomic mass is 10.0. The highest BCUT2D eigenvalue weighted by molar-refractivity contribution is 7.47. The molecule has 2 unspecified atom stereocenters. The lowest BCUT2D eigenvalue weighted by molar-refractivity contribution is -0.870. The van der Waals surface area contributed by atoms with Gasteiger partial charge >= 0.3 is 19.8 Å². The highest BCUT2D eigenvalue weighted by Gasteiger charge is 2.27. The molecule has 0 aliphatic carbocycles. The van der Waals surface area contributed by atoms with Gasteiger partial charge in [0, 0.05) is 12.8 Å². The summed E-state index contributed by atoms with van der Waals surface area (Å²) >= 11 is 0. The zero-order valence-corrected chi connectivity index (χ0v) is 61.9. The molecule has 9 nitrogen and oxygen atoms in total. The number of ether oxygens (including phenoxy) is 2. The largest absolute Gasteiger partial charge is 0.472 e. The lowest BCUT2D eigenvalue weighted by Gasteiger charge is -2.24. The van der Waals surface area contributed by atoms with Crippen molar-refractivity contribution < 1.29 is 42.1 Å². The number of rotatable bonds is 72. The van der Waals surface area contributed by atoms with Gasteiger partial charge in [0.1, 0.15) is 19.8 Å². The van der Waals surface area contributed by atoms with Crippen molar-refractivity contribution in [3.05, 3.63) is 97.2 Å². The van der Waals surface area contributed by atoms with Crippen molar-refractivity contribution in [2.24, 2.45) is 0 Å². The Balaban J connectivity index is 3.94. The third-order valence-corrected chi connectivity index (χ3v) is 18.1. The number of allylic oxidation sites excluding steroid dienone is 16. The lowest BCUT2D eigenvalue weighted by Crippen LogP contribution is -2.37. The van der Waals surface area contributed by atoms with Gasteiger partial charge in [0.05, 0.1) is 27.7 Å². The number of nitrogens with zero attached hydrogens (tertiary/aromatic N) is 1. The summed E-state index contributed by atoms with van der Waals surface area (Å²) in [5, 5.41) is 0. The fraction of sp³-hybridized carbons (Fsp3) is 0.780. The molecule has 534 valence electrons. The number of unbranched alkanes of at least 4 members (excludes halogenated alkanes) is 42.